The smallest absolute Gasteiger partial charge is 0.325 e. The van der Waals surface area contributed by atoms with Gasteiger partial charge in [0.1, 0.15) is 6.54 Å². The fourth-order valence-corrected chi connectivity index (χ4v) is 1.46. The number of amides is 2. The van der Waals surface area contributed by atoms with Gasteiger partial charge in [0, 0.05) is 5.38 Å². The maximum atomic E-state index is 11.2. The summed E-state index contributed by atoms with van der Waals surface area (Å²) in [6.45, 7) is 1.90. The van der Waals surface area contributed by atoms with Gasteiger partial charge in [0.2, 0.25) is 0 Å². The second kappa shape index (κ2) is 6.02. The van der Waals surface area contributed by atoms with E-state index in [0.29, 0.717) is 12.3 Å². The van der Waals surface area contributed by atoms with Crippen LogP contribution in [0.1, 0.15) is 6.92 Å². The molecule has 1 rings (SSSR count). The average Bonchev–Trinajstić information content (AvgIpc) is 2.68. The lowest BCUT2D eigenvalue weighted by Crippen LogP contribution is -2.33. The zero-order chi connectivity index (χ0) is 11.1. The van der Waals surface area contributed by atoms with E-state index in [1.165, 1.54) is 11.3 Å². The van der Waals surface area contributed by atoms with Gasteiger partial charge in [0.05, 0.1) is 12.3 Å². The Hall–Kier alpha value is -1.56. The summed E-state index contributed by atoms with van der Waals surface area (Å²) in [5.41, 5.74) is 0.710. The molecule has 6 heteroatoms. The van der Waals surface area contributed by atoms with Gasteiger partial charge in [-0.3, -0.25) is 4.79 Å². The lowest BCUT2D eigenvalue weighted by molar-refractivity contribution is -0.141. The summed E-state index contributed by atoms with van der Waals surface area (Å²) >= 11 is 1.48. The molecular formula is C9H12N2O3S. The maximum Gasteiger partial charge on any atom is 0.325 e. The van der Waals surface area contributed by atoms with Crippen LogP contribution in [0.2, 0.25) is 0 Å². The Morgan fingerprint density at radius 2 is 2.33 bits per heavy atom. The molecule has 0 aromatic carbocycles. The number of carbonyl (C=O) groups is 2. The van der Waals surface area contributed by atoms with Crippen molar-refractivity contribution in [2.75, 3.05) is 18.5 Å². The van der Waals surface area contributed by atoms with Crippen molar-refractivity contribution in [3.05, 3.63) is 16.8 Å². The molecule has 2 N–H and O–H groups in total. The fraction of sp³-hybridized carbons (Fsp3) is 0.333. The molecule has 0 aliphatic heterocycles. The minimum absolute atomic E-state index is 0.121. The van der Waals surface area contributed by atoms with Crippen LogP contribution in [0.3, 0.4) is 0 Å². The Labute approximate surface area is 91.4 Å². The van der Waals surface area contributed by atoms with E-state index in [1.807, 2.05) is 5.38 Å². The van der Waals surface area contributed by atoms with Gasteiger partial charge in [-0.05, 0) is 18.4 Å². The Balaban J connectivity index is 2.22. The van der Waals surface area contributed by atoms with Crippen LogP contribution >= 0.6 is 11.3 Å². The highest BCUT2D eigenvalue weighted by atomic mass is 32.1. The molecule has 5 nitrogen and oxygen atoms in total. The molecule has 0 radical (unpaired) electrons. The van der Waals surface area contributed by atoms with Crippen LogP contribution in [0.4, 0.5) is 10.5 Å². The lowest BCUT2D eigenvalue weighted by atomic mass is 10.5. The Bertz CT molecular complexity index is 324. The topological polar surface area (TPSA) is 67.4 Å². The molecular weight excluding hydrogens is 216 g/mol. The van der Waals surface area contributed by atoms with E-state index in [1.54, 1.807) is 18.4 Å². The third-order valence-corrected chi connectivity index (χ3v) is 2.16. The number of thiophene rings is 1. The minimum Gasteiger partial charge on any atom is -0.465 e. The summed E-state index contributed by atoms with van der Waals surface area (Å²) < 4.78 is 4.65. The zero-order valence-electron chi connectivity index (χ0n) is 8.28. The number of urea groups is 1. The van der Waals surface area contributed by atoms with Gasteiger partial charge in [-0.15, -0.1) is 0 Å². The van der Waals surface area contributed by atoms with Gasteiger partial charge in [-0.1, -0.05) is 0 Å². The molecule has 0 fully saturated rings. The predicted octanol–water partition coefficient (Wildman–Crippen LogP) is 1.43. The van der Waals surface area contributed by atoms with E-state index in [-0.39, 0.29) is 6.54 Å². The van der Waals surface area contributed by atoms with Crippen molar-refractivity contribution >= 4 is 29.0 Å². The van der Waals surface area contributed by atoms with Crippen LogP contribution in [-0.4, -0.2) is 25.2 Å². The summed E-state index contributed by atoms with van der Waals surface area (Å²) in [5, 5.41) is 8.60. The second-order valence-electron chi connectivity index (χ2n) is 2.62. The van der Waals surface area contributed by atoms with E-state index in [9.17, 15) is 9.59 Å². The van der Waals surface area contributed by atoms with Crippen LogP contribution in [0.5, 0.6) is 0 Å². The first-order valence-corrected chi connectivity index (χ1v) is 5.39. The number of anilines is 1. The quantitative estimate of drug-likeness (QED) is 0.766. The van der Waals surface area contributed by atoms with E-state index in [4.69, 9.17) is 0 Å². The summed E-state index contributed by atoms with van der Waals surface area (Å²) in [5.74, 6) is -0.446. The van der Waals surface area contributed by atoms with Crippen molar-refractivity contribution < 1.29 is 14.3 Å². The van der Waals surface area contributed by atoms with Crippen molar-refractivity contribution in [1.82, 2.24) is 5.32 Å². The van der Waals surface area contributed by atoms with E-state index in [2.05, 4.69) is 15.4 Å². The van der Waals surface area contributed by atoms with Crippen LogP contribution in [0.25, 0.3) is 0 Å². The first kappa shape index (κ1) is 11.5. The number of hydrogen-bond acceptors (Lipinski definition) is 4. The van der Waals surface area contributed by atoms with Crippen molar-refractivity contribution in [3.63, 3.8) is 0 Å². The minimum atomic E-state index is -0.446. The highest BCUT2D eigenvalue weighted by molar-refractivity contribution is 7.08. The molecule has 1 heterocycles. The number of ether oxygens (including phenoxy) is 1. The molecule has 0 unspecified atom stereocenters. The molecule has 0 atom stereocenters. The van der Waals surface area contributed by atoms with E-state index in [0.717, 1.165) is 0 Å². The first-order chi connectivity index (χ1) is 7.22. The number of carbonyl (C=O) groups excluding carboxylic acids is 2. The van der Waals surface area contributed by atoms with Gasteiger partial charge in [-0.2, -0.15) is 11.3 Å². The fourth-order valence-electron chi connectivity index (χ4n) is 0.875. The second-order valence-corrected chi connectivity index (χ2v) is 3.40. The number of rotatable bonds is 4. The molecule has 0 aliphatic carbocycles. The normalized spacial score (nSPS) is 9.40. The van der Waals surface area contributed by atoms with Gasteiger partial charge in [0.25, 0.3) is 0 Å². The predicted molar refractivity (Wildman–Crippen MR) is 58.0 cm³/mol. The van der Waals surface area contributed by atoms with E-state index >= 15 is 0 Å². The highest BCUT2D eigenvalue weighted by Crippen LogP contribution is 2.10. The molecule has 0 aliphatic rings. The SMILES string of the molecule is CCOC(=O)CNC(=O)Nc1ccsc1. The number of hydrogen-bond donors (Lipinski definition) is 2. The number of nitrogens with one attached hydrogen (secondary N) is 2. The highest BCUT2D eigenvalue weighted by Gasteiger charge is 2.05. The zero-order valence-corrected chi connectivity index (χ0v) is 9.10. The average molecular weight is 228 g/mol. The molecule has 1 aromatic rings. The van der Waals surface area contributed by atoms with E-state index < -0.39 is 12.0 Å². The molecule has 0 spiro atoms. The Kier molecular flexibility index (Phi) is 4.62. The van der Waals surface area contributed by atoms with Crippen molar-refractivity contribution in [1.29, 1.82) is 0 Å². The molecule has 2 amide bonds. The maximum absolute atomic E-state index is 11.2. The first-order valence-electron chi connectivity index (χ1n) is 4.45. The van der Waals surface area contributed by atoms with Crippen molar-refractivity contribution in [2.45, 2.75) is 6.92 Å². The molecule has 15 heavy (non-hydrogen) atoms. The lowest BCUT2D eigenvalue weighted by Gasteiger charge is -2.05. The van der Waals surface area contributed by atoms with Crippen LogP contribution in [0, 0.1) is 0 Å². The standard InChI is InChI=1S/C9H12N2O3S/c1-2-14-8(12)5-10-9(13)11-7-3-4-15-6-7/h3-4,6H,2,5H2,1H3,(H2,10,11,13). The Morgan fingerprint density at radius 1 is 1.53 bits per heavy atom. The third kappa shape index (κ3) is 4.46. The van der Waals surface area contributed by atoms with Gasteiger partial charge in [0.15, 0.2) is 0 Å². The molecule has 0 bridgehead atoms. The largest absolute Gasteiger partial charge is 0.465 e. The van der Waals surface area contributed by atoms with Crippen LogP contribution in [0.15, 0.2) is 16.8 Å². The summed E-state index contributed by atoms with van der Waals surface area (Å²) in [4.78, 5) is 22.1. The van der Waals surface area contributed by atoms with Crippen LogP contribution in [-0.2, 0) is 9.53 Å². The number of esters is 1. The summed E-state index contributed by atoms with van der Waals surface area (Å²) in [6, 6.07) is 1.36. The summed E-state index contributed by atoms with van der Waals surface area (Å²) in [7, 11) is 0. The molecule has 0 saturated carbocycles. The third-order valence-electron chi connectivity index (χ3n) is 1.48. The molecule has 0 saturated heterocycles. The van der Waals surface area contributed by atoms with Gasteiger partial charge >= 0.3 is 12.0 Å². The van der Waals surface area contributed by atoms with Gasteiger partial charge < -0.3 is 15.4 Å². The van der Waals surface area contributed by atoms with Crippen molar-refractivity contribution in [3.8, 4) is 0 Å². The molecule has 1 aromatic heterocycles. The van der Waals surface area contributed by atoms with Gasteiger partial charge in [-0.25, -0.2) is 4.79 Å². The Morgan fingerprint density at radius 3 is 2.93 bits per heavy atom. The van der Waals surface area contributed by atoms with Crippen LogP contribution < -0.4 is 10.6 Å². The summed E-state index contributed by atoms with van der Waals surface area (Å²) in [6.07, 6.45) is 0. The monoisotopic (exact) mass is 228 g/mol. The molecule has 82 valence electrons. The van der Waals surface area contributed by atoms with Crippen molar-refractivity contribution in [2.24, 2.45) is 0 Å².